The van der Waals surface area contributed by atoms with E-state index in [0.29, 0.717) is 0 Å². The van der Waals surface area contributed by atoms with Gasteiger partial charge in [-0.05, 0) is 38.5 Å². The molecule has 1 aliphatic heterocycles. The third-order valence-corrected chi connectivity index (χ3v) is 8.23. The molecule has 0 aliphatic carbocycles. The summed E-state index contributed by atoms with van der Waals surface area (Å²) in [6, 6.07) is -0.826. The summed E-state index contributed by atoms with van der Waals surface area (Å²) in [5.74, 6) is -0.369. The van der Waals surface area contributed by atoms with Crippen LogP contribution in [0, 0.1) is 0 Å². The molecule has 1 aliphatic rings. The van der Waals surface area contributed by atoms with Crippen molar-refractivity contribution in [1.82, 2.24) is 5.32 Å². The number of amides is 1. The Hall–Kier alpha value is -1.59. The van der Waals surface area contributed by atoms with Gasteiger partial charge in [-0.3, -0.25) is 4.79 Å². The van der Waals surface area contributed by atoms with Crippen molar-refractivity contribution in [2.75, 3.05) is 13.2 Å². The van der Waals surface area contributed by atoms with Crippen molar-refractivity contribution in [3.8, 4) is 0 Å². The number of nitrogens with one attached hydrogen (secondary N) is 1. The lowest BCUT2D eigenvalue weighted by atomic mass is 9.99. The maximum Gasteiger partial charge on any atom is 0.217 e. The smallest absolute Gasteiger partial charge is 0.217 e. The summed E-state index contributed by atoms with van der Waals surface area (Å²) in [4.78, 5) is 11.6. The Balaban J connectivity index is 2.12. The number of ether oxygens (including phenoxy) is 2. The summed E-state index contributed by atoms with van der Waals surface area (Å²) in [6.07, 6.45) is 27.0. The lowest BCUT2D eigenvalue weighted by molar-refractivity contribution is -0.302. The Bertz CT molecular complexity index is 802. The second-order valence-electron chi connectivity index (χ2n) is 12.4. The van der Waals surface area contributed by atoms with E-state index >= 15 is 0 Å². The van der Waals surface area contributed by atoms with Gasteiger partial charge in [0.2, 0.25) is 5.91 Å². The van der Waals surface area contributed by atoms with Crippen molar-refractivity contribution in [1.29, 1.82) is 0 Å². The summed E-state index contributed by atoms with van der Waals surface area (Å²) in [6.45, 7) is 2.79. The zero-order chi connectivity index (χ0) is 33.1. The number of allylic oxidation sites excluding steroid dienone is 5. The van der Waals surface area contributed by atoms with E-state index in [1.807, 2.05) is 6.08 Å². The fourth-order valence-corrected chi connectivity index (χ4v) is 5.40. The van der Waals surface area contributed by atoms with Crippen molar-refractivity contribution in [3.05, 3.63) is 36.5 Å². The van der Waals surface area contributed by atoms with Crippen LogP contribution in [0.2, 0.25) is 0 Å². The first kappa shape index (κ1) is 41.4. The minimum atomic E-state index is -1.57. The first-order chi connectivity index (χ1) is 21.8. The van der Waals surface area contributed by atoms with Crippen molar-refractivity contribution >= 4 is 5.91 Å². The van der Waals surface area contributed by atoms with Crippen molar-refractivity contribution < 1.29 is 39.8 Å². The summed E-state index contributed by atoms with van der Waals surface area (Å²) < 4.78 is 10.8. The maximum atomic E-state index is 11.6. The quantitative estimate of drug-likeness (QED) is 0.0519. The normalized spacial score (nSPS) is 23.8. The molecule has 0 spiro atoms. The number of aliphatic hydroxyl groups excluding tert-OH is 5. The number of aliphatic hydroxyl groups is 5. The Kier molecular flexibility index (Phi) is 25.3. The Morgan fingerprint density at radius 1 is 0.733 bits per heavy atom. The topological polar surface area (TPSA) is 149 Å². The molecule has 1 heterocycles. The molecule has 262 valence electrons. The molecule has 0 aromatic heterocycles. The van der Waals surface area contributed by atoms with Crippen molar-refractivity contribution in [3.63, 3.8) is 0 Å². The Morgan fingerprint density at radius 3 is 1.73 bits per heavy atom. The van der Waals surface area contributed by atoms with Crippen LogP contribution in [0.1, 0.15) is 129 Å². The van der Waals surface area contributed by atoms with Crippen LogP contribution >= 0.6 is 0 Å². The van der Waals surface area contributed by atoms with Gasteiger partial charge in [0.1, 0.15) is 24.4 Å². The molecule has 9 heteroatoms. The van der Waals surface area contributed by atoms with Crippen LogP contribution in [-0.2, 0) is 14.3 Å². The second-order valence-corrected chi connectivity index (χ2v) is 12.4. The van der Waals surface area contributed by atoms with Gasteiger partial charge >= 0.3 is 0 Å². The molecule has 7 unspecified atom stereocenters. The molecule has 7 atom stereocenters. The van der Waals surface area contributed by atoms with E-state index < -0.39 is 49.5 Å². The van der Waals surface area contributed by atoms with E-state index in [4.69, 9.17) is 9.47 Å². The molecule has 1 saturated heterocycles. The zero-order valence-corrected chi connectivity index (χ0v) is 28.1. The van der Waals surface area contributed by atoms with Crippen molar-refractivity contribution in [2.24, 2.45) is 0 Å². The summed E-state index contributed by atoms with van der Waals surface area (Å²) >= 11 is 0. The zero-order valence-electron chi connectivity index (χ0n) is 28.1. The predicted molar refractivity (Wildman–Crippen MR) is 180 cm³/mol. The standard InChI is InChI=1S/C36H65NO8/c1-3-4-5-6-7-8-9-10-11-12-13-14-15-16-17-18-19-20-21-22-23-24-25-26-31(40)30(37-29(2)39)28-44-36-35(43)34(42)33(41)32(27-38)45-36/h17-18,21-22,25-26,30-36,38,40-43H,3-16,19-20,23-24,27-28H2,1-2H3,(H,37,39)/b18-17+,22-21+,26-25+. The van der Waals surface area contributed by atoms with Crippen LogP contribution in [0.3, 0.4) is 0 Å². The monoisotopic (exact) mass is 639 g/mol. The van der Waals surface area contributed by atoms with Gasteiger partial charge in [0, 0.05) is 6.92 Å². The van der Waals surface area contributed by atoms with Gasteiger partial charge in [0.15, 0.2) is 6.29 Å². The summed E-state index contributed by atoms with van der Waals surface area (Å²) in [5.41, 5.74) is 0. The molecule has 0 aromatic rings. The number of rotatable bonds is 27. The van der Waals surface area contributed by atoms with E-state index in [2.05, 4.69) is 36.5 Å². The highest BCUT2D eigenvalue weighted by molar-refractivity contribution is 5.73. The number of carbonyl (C=O) groups is 1. The third-order valence-electron chi connectivity index (χ3n) is 8.23. The molecular formula is C36H65NO8. The largest absolute Gasteiger partial charge is 0.394 e. The number of unbranched alkanes of at least 4 members (excludes halogenated alkanes) is 15. The van der Waals surface area contributed by atoms with Gasteiger partial charge in [-0.2, -0.15) is 0 Å². The van der Waals surface area contributed by atoms with E-state index in [-0.39, 0.29) is 12.5 Å². The van der Waals surface area contributed by atoms with Crippen LogP contribution in [0.5, 0.6) is 0 Å². The van der Waals surface area contributed by atoms with Crippen LogP contribution in [0.15, 0.2) is 36.5 Å². The molecule has 0 bridgehead atoms. The molecule has 6 N–H and O–H groups in total. The number of carbonyl (C=O) groups excluding carboxylic acids is 1. The Labute approximate surface area is 272 Å². The molecular weight excluding hydrogens is 574 g/mol. The fraction of sp³-hybridized carbons (Fsp3) is 0.806. The van der Waals surface area contributed by atoms with Crippen LogP contribution in [0.25, 0.3) is 0 Å². The third kappa shape index (κ3) is 20.3. The maximum absolute atomic E-state index is 11.6. The Morgan fingerprint density at radius 2 is 1.22 bits per heavy atom. The van der Waals surface area contributed by atoms with Gasteiger partial charge in [-0.25, -0.2) is 0 Å². The van der Waals surface area contributed by atoms with E-state index in [0.717, 1.165) is 25.7 Å². The lowest BCUT2D eigenvalue weighted by Gasteiger charge is -2.40. The second kappa shape index (κ2) is 27.5. The molecule has 0 aromatic carbocycles. The molecule has 0 saturated carbocycles. The van der Waals surface area contributed by atoms with Crippen molar-refractivity contribution in [2.45, 2.75) is 172 Å². The first-order valence-electron chi connectivity index (χ1n) is 17.7. The lowest BCUT2D eigenvalue weighted by Crippen LogP contribution is -2.60. The molecule has 1 rings (SSSR count). The van der Waals surface area contributed by atoms with Gasteiger partial charge in [-0.15, -0.1) is 0 Å². The highest BCUT2D eigenvalue weighted by Crippen LogP contribution is 2.22. The van der Waals surface area contributed by atoms with Gasteiger partial charge in [0.05, 0.1) is 25.4 Å². The van der Waals surface area contributed by atoms with E-state index in [9.17, 15) is 30.3 Å². The van der Waals surface area contributed by atoms with Crippen LogP contribution in [-0.4, -0.2) is 87.5 Å². The van der Waals surface area contributed by atoms with Gasteiger partial charge in [-0.1, -0.05) is 120 Å². The number of hydrogen-bond donors (Lipinski definition) is 6. The minimum absolute atomic E-state index is 0.222. The molecule has 0 radical (unpaired) electrons. The highest BCUT2D eigenvalue weighted by atomic mass is 16.7. The molecule has 9 nitrogen and oxygen atoms in total. The molecule has 45 heavy (non-hydrogen) atoms. The molecule has 1 amide bonds. The van der Waals surface area contributed by atoms with Crippen LogP contribution < -0.4 is 5.32 Å². The van der Waals surface area contributed by atoms with Gasteiger partial charge in [0.25, 0.3) is 0 Å². The number of hydrogen-bond acceptors (Lipinski definition) is 8. The van der Waals surface area contributed by atoms with E-state index in [1.54, 1.807) is 6.08 Å². The van der Waals surface area contributed by atoms with E-state index in [1.165, 1.54) is 96.8 Å². The molecule has 1 fully saturated rings. The first-order valence-corrected chi connectivity index (χ1v) is 17.7. The fourth-order valence-electron chi connectivity index (χ4n) is 5.40. The average molecular weight is 640 g/mol. The van der Waals surface area contributed by atoms with Crippen LogP contribution in [0.4, 0.5) is 0 Å². The average Bonchev–Trinajstić information content (AvgIpc) is 3.02. The minimum Gasteiger partial charge on any atom is -0.394 e. The SMILES string of the molecule is CCCCCCCCCCCCCCC/C=C/CC/C=C/CC/C=C/C(O)C(COC1OC(CO)C(O)C(O)C1O)NC(C)=O. The summed E-state index contributed by atoms with van der Waals surface area (Å²) in [5, 5.41) is 52.5. The highest BCUT2D eigenvalue weighted by Gasteiger charge is 2.44. The van der Waals surface area contributed by atoms with Gasteiger partial charge < -0.3 is 40.3 Å². The predicted octanol–water partition coefficient (Wildman–Crippen LogP) is 5.38. The summed E-state index contributed by atoms with van der Waals surface area (Å²) in [7, 11) is 0.